The quantitative estimate of drug-likeness (QED) is 0.724. The monoisotopic (exact) mass is 404 g/mol. The van der Waals surface area contributed by atoms with Gasteiger partial charge in [0.1, 0.15) is 36.3 Å². The molecule has 1 saturated heterocycles. The van der Waals surface area contributed by atoms with Crippen LogP contribution in [0.4, 0.5) is 4.39 Å². The van der Waals surface area contributed by atoms with Crippen LogP contribution in [-0.4, -0.2) is 53.2 Å². The highest BCUT2D eigenvalue weighted by molar-refractivity contribution is 5.45. The molecule has 2 aromatic carbocycles. The number of benzene rings is 2. The lowest BCUT2D eigenvalue weighted by molar-refractivity contribution is -0.214. The Bertz CT molecular complexity index is 840. The van der Waals surface area contributed by atoms with Crippen LogP contribution in [0.1, 0.15) is 41.4 Å². The van der Waals surface area contributed by atoms with Gasteiger partial charge in [-0.25, -0.2) is 4.39 Å². The number of ether oxygens (including phenoxy) is 3. The summed E-state index contributed by atoms with van der Waals surface area (Å²) in [5.41, 5.74) is 3.49. The molecule has 2 aliphatic rings. The maximum atomic E-state index is 14.1. The zero-order valence-corrected chi connectivity index (χ0v) is 16.1. The first-order valence-electron chi connectivity index (χ1n) is 9.77. The van der Waals surface area contributed by atoms with Crippen LogP contribution in [0.15, 0.2) is 42.5 Å². The van der Waals surface area contributed by atoms with E-state index in [2.05, 4.69) is 19.1 Å². The van der Waals surface area contributed by atoms with E-state index < -0.39 is 37.2 Å². The standard InChI is InChI=1S/C22H25FO6/c1-2-12-3-5-13(6-4-12)21-15-9-14(7-8-16(15)27-11-28-21)22-20(26)19(25)18(23)17(10-24)29-22/h3-9,17-22,24-26H,2,10-11H2,1H3. The highest BCUT2D eigenvalue weighted by atomic mass is 19.1. The van der Waals surface area contributed by atoms with E-state index in [-0.39, 0.29) is 12.9 Å². The topological polar surface area (TPSA) is 88.4 Å². The summed E-state index contributed by atoms with van der Waals surface area (Å²) in [5, 5.41) is 29.7. The van der Waals surface area contributed by atoms with Crippen molar-refractivity contribution in [2.24, 2.45) is 0 Å². The summed E-state index contributed by atoms with van der Waals surface area (Å²) in [7, 11) is 0. The van der Waals surface area contributed by atoms with E-state index in [1.165, 1.54) is 5.56 Å². The van der Waals surface area contributed by atoms with Gasteiger partial charge < -0.3 is 29.5 Å². The SMILES string of the molecule is CCc1ccc(C2OCOc3ccc(C4OC(CO)C(F)C(O)C4O)cc32)cc1. The number of hydrogen-bond acceptors (Lipinski definition) is 6. The van der Waals surface area contributed by atoms with Gasteiger partial charge in [0.2, 0.25) is 0 Å². The largest absolute Gasteiger partial charge is 0.467 e. The molecule has 6 nitrogen and oxygen atoms in total. The lowest BCUT2D eigenvalue weighted by atomic mass is 9.89. The lowest BCUT2D eigenvalue weighted by Crippen LogP contribution is -2.53. The van der Waals surface area contributed by atoms with Gasteiger partial charge in [-0.1, -0.05) is 37.3 Å². The molecule has 156 valence electrons. The molecule has 2 aromatic rings. The average molecular weight is 404 g/mol. The fraction of sp³-hybridized carbons (Fsp3) is 0.455. The average Bonchev–Trinajstić information content (AvgIpc) is 2.77. The van der Waals surface area contributed by atoms with Crippen molar-refractivity contribution in [3.63, 3.8) is 0 Å². The molecule has 2 heterocycles. The third-order valence-electron chi connectivity index (χ3n) is 5.63. The Morgan fingerprint density at radius 3 is 2.45 bits per heavy atom. The van der Waals surface area contributed by atoms with Gasteiger partial charge in [0.05, 0.1) is 6.61 Å². The van der Waals surface area contributed by atoms with E-state index >= 15 is 0 Å². The Hall–Kier alpha value is -2.03. The van der Waals surface area contributed by atoms with Crippen LogP contribution in [0.3, 0.4) is 0 Å². The molecule has 0 amide bonds. The fourth-order valence-corrected chi connectivity index (χ4v) is 3.89. The summed E-state index contributed by atoms with van der Waals surface area (Å²) < 4.78 is 31.1. The molecule has 0 saturated carbocycles. The Morgan fingerprint density at radius 1 is 1.03 bits per heavy atom. The van der Waals surface area contributed by atoms with Gasteiger partial charge in [0.15, 0.2) is 13.0 Å². The molecule has 4 rings (SSSR count). The molecule has 2 aliphatic heterocycles. The Balaban J connectivity index is 1.67. The molecule has 6 unspecified atom stereocenters. The number of hydrogen-bond donors (Lipinski definition) is 3. The molecule has 1 fully saturated rings. The molecule has 0 aliphatic carbocycles. The molecule has 3 N–H and O–H groups in total. The van der Waals surface area contributed by atoms with Gasteiger partial charge in [-0.3, -0.25) is 0 Å². The highest BCUT2D eigenvalue weighted by Crippen LogP contribution is 2.41. The Kier molecular flexibility index (Phi) is 5.85. The van der Waals surface area contributed by atoms with Crippen LogP contribution in [0, 0.1) is 0 Å². The minimum Gasteiger partial charge on any atom is -0.467 e. The van der Waals surface area contributed by atoms with Gasteiger partial charge in [0.25, 0.3) is 0 Å². The molecular formula is C22H25FO6. The van der Waals surface area contributed by atoms with E-state index in [9.17, 15) is 19.7 Å². The molecule has 0 radical (unpaired) electrons. The van der Waals surface area contributed by atoms with Crippen molar-refractivity contribution in [2.45, 2.75) is 50.0 Å². The summed E-state index contributed by atoms with van der Waals surface area (Å²) in [6.07, 6.45) is -6.58. The van der Waals surface area contributed by atoms with Crippen molar-refractivity contribution in [1.29, 1.82) is 0 Å². The minimum atomic E-state index is -1.86. The second kappa shape index (κ2) is 8.38. The molecule has 29 heavy (non-hydrogen) atoms. The van der Waals surface area contributed by atoms with Crippen molar-refractivity contribution in [3.05, 3.63) is 64.7 Å². The number of aliphatic hydroxyl groups excluding tert-OH is 3. The number of rotatable bonds is 4. The van der Waals surface area contributed by atoms with Crippen molar-refractivity contribution in [3.8, 4) is 5.75 Å². The number of halogens is 1. The molecule has 0 spiro atoms. The van der Waals surface area contributed by atoms with Crippen LogP contribution >= 0.6 is 0 Å². The summed E-state index contributed by atoms with van der Waals surface area (Å²) >= 11 is 0. The van der Waals surface area contributed by atoms with Crippen molar-refractivity contribution in [2.75, 3.05) is 13.4 Å². The first kappa shape index (κ1) is 20.3. The van der Waals surface area contributed by atoms with Crippen LogP contribution < -0.4 is 4.74 Å². The van der Waals surface area contributed by atoms with Crippen molar-refractivity contribution < 1.29 is 33.9 Å². The van der Waals surface area contributed by atoms with Crippen LogP contribution in [0.25, 0.3) is 0 Å². The highest BCUT2D eigenvalue weighted by Gasteiger charge is 2.45. The van der Waals surface area contributed by atoms with Gasteiger partial charge >= 0.3 is 0 Å². The zero-order chi connectivity index (χ0) is 20.5. The second-order valence-corrected chi connectivity index (χ2v) is 7.40. The smallest absolute Gasteiger partial charge is 0.190 e. The summed E-state index contributed by atoms with van der Waals surface area (Å²) in [4.78, 5) is 0. The summed E-state index contributed by atoms with van der Waals surface area (Å²) in [6, 6.07) is 13.4. The van der Waals surface area contributed by atoms with E-state index in [0.29, 0.717) is 11.3 Å². The van der Waals surface area contributed by atoms with Gasteiger partial charge in [0, 0.05) is 5.56 Å². The number of aryl methyl sites for hydroxylation is 1. The predicted molar refractivity (Wildman–Crippen MR) is 102 cm³/mol. The minimum absolute atomic E-state index is 0.115. The zero-order valence-electron chi connectivity index (χ0n) is 16.1. The fourth-order valence-electron chi connectivity index (χ4n) is 3.89. The predicted octanol–water partition coefficient (Wildman–Crippen LogP) is 2.20. The third kappa shape index (κ3) is 3.76. The summed E-state index contributed by atoms with van der Waals surface area (Å²) in [5.74, 6) is 0.650. The normalized spacial score (nSPS) is 31.8. The van der Waals surface area contributed by atoms with Crippen LogP contribution in [0.2, 0.25) is 0 Å². The van der Waals surface area contributed by atoms with Gasteiger partial charge in [-0.2, -0.15) is 0 Å². The lowest BCUT2D eigenvalue weighted by Gasteiger charge is -2.39. The molecule has 0 aromatic heterocycles. The van der Waals surface area contributed by atoms with E-state index in [0.717, 1.165) is 17.5 Å². The third-order valence-corrected chi connectivity index (χ3v) is 5.63. The molecular weight excluding hydrogens is 379 g/mol. The number of fused-ring (bicyclic) bond motifs is 1. The van der Waals surface area contributed by atoms with E-state index in [1.807, 2.05) is 12.1 Å². The number of aliphatic hydroxyl groups is 3. The Labute approximate surface area is 168 Å². The van der Waals surface area contributed by atoms with Crippen molar-refractivity contribution >= 4 is 0 Å². The van der Waals surface area contributed by atoms with Gasteiger partial charge in [-0.15, -0.1) is 0 Å². The van der Waals surface area contributed by atoms with Crippen LogP contribution in [-0.2, 0) is 15.9 Å². The molecule has 7 heteroatoms. The first-order valence-corrected chi connectivity index (χ1v) is 9.77. The maximum Gasteiger partial charge on any atom is 0.190 e. The number of alkyl halides is 1. The van der Waals surface area contributed by atoms with Crippen molar-refractivity contribution in [1.82, 2.24) is 0 Å². The molecule has 6 atom stereocenters. The van der Waals surface area contributed by atoms with Crippen LogP contribution in [0.5, 0.6) is 5.75 Å². The van der Waals surface area contributed by atoms with E-state index in [4.69, 9.17) is 14.2 Å². The first-order chi connectivity index (χ1) is 14.0. The van der Waals surface area contributed by atoms with Gasteiger partial charge in [-0.05, 0) is 35.2 Å². The van der Waals surface area contributed by atoms with E-state index in [1.54, 1.807) is 18.2 Å². The Morgan fingerprint density at radius 2 is 1.76 bits per heavy atom. The maximum absolute atomic E-state index is 14.1. The summed E-state index contributed by atoms with van der Waals surface area (Å²) in [6.45, 7) is 1.61. The second-order valence-electron chi connectivity index (χ2n) is 7.40. The molecule has 0 bridgehead atoms.